The molecule has 3 N–H and O–H groups in total. The van der Waals surface area contributed by atoms with Gasteiger partial charge in [0.2, 0.25) is 0 Å². The number of hydrogen-bond donors (Lipinski definition) is 2. The second kappa shape index (κ2) is 8.35. The first-order valence-electron chi connectivity index (χ1n) is 9.86. The van der Waals surface area contributed by atoms with Crippen LogP contribution in [0.5, 0.6) is 0 Å². The summed E-state index contributed by atoms with van der Waals surface area (Å²) < 4.78 is 4.94. The van der Waals surface area contributed by atoms with E-state index in [0.717, 1.165) is 4.90 Å². The number of fused-ring (bicyclic) bond motifs is 1. The number of nitrogens with zero attached hydrogens (tertiary/aromatic N) is 1. The van der Waals surface area contributed by atoms with E-state index in [2.05, 4.69) is 5.32 Å². The van der Waals surface area contributed by atoms with Gasteiger partial charge in [0.15, 0.2) is 0 Å². The van der Waals surface area contributed by atoms with E-state index in [9.17, 15) is 19.2 Å². The van der Waals surface area contributed by atoms with Crippen LogP contribution in [-0.2, 0) is 4.74 Å². The molecule has 0 spiro atoms. The summed E-state index contributed by atoms with van der Waals surface area (Å²) >= 11 is 0. The lowest BCUT2D eigenvalue weighted by Crippen LogP contribution is -2.29. The molecular formula is C24H19N3O5. The summed E-state index contributed by atoms with van der Waals surface area (Å²) in [5, 5.41) is 2.72. The number of nitrogen functional groups attached to an aromatic ring is 1. The number of ether oxygens (including phenoxy) is 1. The zero-order valence-corrected chi connectivity index (χ0v) is 17.1. The number of anilines is 3. The molecule has 1 aliphatic rings. The first-order valence-corrected chi connectivity index (χ1v) is 9.86. The predicted molar refractivity (Wildman–Crippen MR) is 119 cm³/mol. The van der Waals surface area contributed by atoms with Gasteiger partial charge in [0.05, 0.1) is 29.0 Å². The second-order valence-corrected chi connectivity index (χ2v) is 7.05. The molecule has 0 aliphatic carbocycles. The van der Waals surface area contributed by atoms with E-state index in [-0.39, 0.29) is 23.6 Å². The zero-order chi connectivity index (χ0) is 22.8. The number of nitrogens with two attached hydrogens (primary N) is 1. The number of imide groups is 1. The van der Waals surface area contributed by atoms with Gasteiger partial charge in [-0.1, -0.05) is 0 Å². The van der Waals surface area contributed by atoms with E-state index in [4.69, 9.17) is 10.5 Å². The lowest BCUT2D eigenvalue weighted by Gasteiger charge is -2.14. The molecule has 0 fully saturated rings. The van der Waals surface area contributed by atoms with Gasteiger partial charge >= 0.3 is 5.97 Å². The van der Waals surface area contributed by atoms with Gasteiger partial charge in [-0.05, 0) is 73.7 Å². The lowest BCUT2D eigenvalue weighted by atomic mass is 10.1. The highest BCUT2D eigenvalue weighted by Crippen LogP contribution is 2.30. The molecule has 0 aromatic heterocycles. The highest BCUT2D eigenvalue weighted by molar-refractivity contribution is 6.34. The Morgan fingerprint density at radius 3 is 2.16 bits per heavy atom. The second-order valence-electron chi connectivity index (χ2n) is 7.05. The van der Waals surface area contributed by atoms with Gasteiger partial charge in [-0.25, -0.2) is 9.69 Å². The van der Waals surface area contributed by atoms with Gasteiger partial charge in [0, 0.05) is 16.9 Å². The van der Waals surface area contributed by atoms with E-state index in [1.54, 1.807) is 37.3 Å². The zero-order valence-electron chi connectivity index (χ0n) is 17.1. The van der Waals surface area contributed by atoms with Crippen LogP contribution in [0.15, 0.2) is 66.7 Å². The van der Waals surface area contributed by atoms with E-state index in [1.165, 1.54) is 36.4 Å². The Labute approximate surface area is 183 Å². The molecular weight excluding hydrogens is 410 g/mol. The third-order valence-corrected chi connectivity index (χ3v) is 4.95. The average Bonchev–Trinajstić information content (AvgIpc) is 3.04. The van der Waals surface area contributed by atoms with Crippen molar-refractivity contribution in [1.29, 1.82) is 0 Å². The van der Waals surface area contributed by atoms with Gasteiger partial charge in [0.1, 0.15) is 0 Å². The van der Waals surface area contributed by atoms with Crippen LogP contribution < -0.4 is 16.0 Å². The number of benzene rings is 3. The van der Waals surface area contributed by atoms with Crippen LogP contribution in [0.25, 0.3) is 0 Å². The Hall–Kier alpha value is -4.46. The van der Waals surface area contributed by atoms with Crippen molar-refractivity contribution >= 4 is 40.8 Å². The number of carbonyl (C=O) groups excluding carboxylic acids is 4. The molecule has 0 bridgehead atoms. The van der Waals surface area contributed by atoms with Crippen molar-refractivity contribution in [3.05, 3.63) is 89.0 Å². The van der Waals surface area contributed by atoms with Gasteiger partial charge in [0.25, 0.3) is 17.7 Å². The quantitative estimate of drug-likeness (QED) is 0.364. The van der Waals surface area contributed by atoms with Gasteiger partial charge in [-0.3, -0.25) is 14.4 Å². The highest BCUT2D eigenvalue weighted by atomic mass is 16.5. The van der Waals surface area contributed by atoms with Crippen molar-refractivity contribution < 1.29 is 23.9 Å². The molecule has 1 heterocycles. The Morgan fingerprint density at radius 1 is 0.875 bits per heavy atom. The van der Waals surface area contributed by atoms with Crippen LogP contribution in [0, 0.1) is 0 Å². The summed E-state index contributed by atoms with van der Waals surface area (Å²) in [5.41, 5.74) is 8.03. The average molecular weight is 429 g/mol. The SMILES string of the molecule is CCOC(=O)c1ccc(N2C(=O)c3ccc(NC(=O)c4ccc(N)cc4)cc3C2=O)cc1. The topological polar surface area (TPSA) is 119 Å². The van der Waals surface area contributed by atoms with Crippen LogP contribution in [0.2, 0.25) is 0 Å². The summed E-state index contributed by atoms with van der Waals surface area (Å²) in [7, 11) is 0. The Balaban J connectivity index is 1.55. The summed E-state index contributed by atoms with van der Waals surface area (Å²) in [6.07, 6.45) is 0. The lowest BCUT2D eigenvalue weighted by molar-refractivity contribution is 0.0526. The molecule has 1 aliphatic heterocycles. The molecule has 8 nitrogen and oxygen atoms in total. The number of esters is 1. The van der Waals surface area contributed by atoms with E-state index >= 15 is 0 Å². The number of rotatable bonds is 5. The minimum absolute atomic E-state index is 0.180. The van der Waals surface area contributed by atoms with Crippen LogP contribution in [-0.4, -0.2) is 30.3 Å². The maximum Gasteiger partial charge on any atom is 0.338 e. The summed E-state index contributed by atoms with van der Waals surface area (Å²) in [6, 6.07) is 17.0. The summed E-state index contributed by atoms with van der Waals surface area (Å²) in [4.78, 5) is 51.1. The molecule has 0 unspecified atom stereocenters. The third kappa shape index (κ3) is 3.81. The smallest absolute Gasteiger partial charge is 0.338 e. The Kier molecular flexibility index (Phi) is 5.43. The molecule has 160 valence electrons. The molecule has 3 aromatic rings. The molecule has 3 aromatic carbocycles. The largest absolute Gasteiger partial charge is 0.462 e. The normalized spacial score (nSPS) is 12.5. The fourth-order valence-electron chi connectivity index (χ4n) is 3.35. The number of hydrogen-bond acceptors (Lipinski definition) is 6. The summed E-state index contributed by atoms with van der Waals surface area (Å²) in [5.74, 6) is -1.85. The third-order valence-electron chi connectivity index (χ3n) is 4.95. The van der Waals surface area contributed by atoms with Crippen molar-refractivity contribution in [2.45, 2.75) is 6.92 Å². The van der Waals surface area contributed by atoms with E-state index in [0.29, 0.717) is 28.2 Å². The summed E-state index contributed by atoms with van der Waals surface area (Å²) in [6.45, 7) is 1.95. The van der Waals surface area contributed by atoms with Gasteiger partial charge in [-0.15, -0.1) is 0 Å². The maximum absolute atomic E-state index is 13.0. The van der Waals surface area contributed by atoms with Crippen LogP contribution >= 0.6 is 0 Å². The van der Waals surface area contributed by atoms with Crippen molar-refractivity contribution in [1.82, 2.24) is 0 Å². The number of carbonyl (C=O) groups is 4. The Bertz CT molecular complexity index is 1230. The monoisotopic (exact) mass is 429 g/mol. The first kappa shape index (κ1) is 20.8. The minimum atomic E-state index is -0.516. The minimum Gasteiger partial charge on any atom is -0.462 e. The van der Waals surface area contributed by atoms with Crippen molar-refractivity contribution in [2.24, 2.45) is 0 Å². The molecule has 32 heavy (non-hydrogen) atoms. The van der Waals surface area contributed by atoms with E-state index < -0.39 is 17.8 Å². The highest BCUT2D eigenvalue weighted by Gasteiger charge is 2.37. The number of amides is 3. The molecule has 0 saturated heterocycles. The molecule has 8 heteroatoms. The molecule has 4 rings (SSSR count). The van der Waals surface area contributed by atoms with Crippen molar-refractivity contribution in [3.63, 3.8) is 0 Å². The van der Waals surface area contributed by atoms with Gasteiger partial charge < -0.3 is 15.8 Å². The Morgan fingerprint density at radius 2 is 1.50 bits per heavy atom. The first-order chi connectivity index (χ1) is 15.4. The number of nitrogens with one attached hydrogen (secondary N) is 1. The van der Waals surface area contributed by atoms with E-state index in [1.807, 2.05) is 0 Å². The maximum atomic E-state index is 13.0. The van der Waals surface area contributed by atoms with Crippen molar-refractivity contribution in [3.8, 4) is 0 Å². The predicted octanol–water partition coefficient (Wildman–Crippen LogP) is 3.50. The van der Waals surface area contributed by atoms with Crippen LogP contribution in [0.4, 0.5) is 17.1 Å². The van der Waals surface area contributed by atoms with Crippen LogP contribution in [0.1, 0.15) is 48.4 Å². The van der Waals surface area contributed by atoms with Gasteiger partial charge in [-0.2, -0.15) is 0 Å². The molecule has 0 radical (unpaired) electrons. The van der Waals surface area contributed by atoms with Crippen LogP contribution in [0.3, 0.4) is 0 Å². The van der Waals surface area contributed by atoms with Crippen molar-refractivity contribution in [2.75, 3.05) is 22.6 Å². The fraction of sp³-hybridized carbons (Fsp3) is 0.0833. The molecule has 0 atom stereocenters. The fourth-order valence-corrected chi connectivity index (χ4v) is 3.35. The standard InChI is InChI=1S/C24H19N3O5/c1-2-32-24(31)15-5-10-18(11-6-15)27-22(29)19-12-9-17(13-20(19)23(27)30)26-21(28)14-3-7-16(25)8-4-14/h3-13H,2,25H2,1H3,(H,26,28). The molecule has 0 saturated carbocycles. The molecule has 3 amide bonds.